The Kier molecular flexibility index (Phi) is 3.58. The number of nitrogens with two attached hydrogens (primary N) is 1. The fraction of sp³-hybridized carbons (Fsp3) is 0.0625. The van der Waals surface area contributed by atoms with E-state index in [1.807, 2.05) is 35.7 Å². The quantitative estimate of drug-likeness (QED) is 0.787. The third kappa shape index (κ3) is 2.48. The van der Waals surface area contributed by atoms with Gasteiger partial charge in [0.1, 0.15) is 10.8 Å². The van der Waals surface area contributed by atoms with Crippen LogP contribution in [0.15, 0.2) is 53.9 Å². The van der Waals surface area contributed by atoms with Crippen molar-refractivity contribution in [1.29, 1.82) is 0 Å². The molecule has 0 radical (unpaired) electrons. The summed E-state index contributed by atoms with van der Waals surface area (Å²) >= 11 is 1.51. The first kappa shape index (κ1) is 13.0. The van der Waals surface area contributed by atoms with Crippen molar-refractivity contribution in [2.24, 2.45) is 5.73 Å². The maximum Gasteiger partial charge on any atom is 0.132 e. The molecule has 0 amide bonds. The first-order valence-corrected chi connectivity index (χ1v) is 7.15. The second kappa shape index (κ2) is 5.53. The van der Waals surface area contributed by atoms with Crippen molar-refractivity contribution >= 4 is 11.3 Å². The molecule has 0 saturated carbocycles. The van der Waals surface area contributed by atoms with Crippen LogP contribution in [0.5, 0.6) is 0 Å². The van der Waals surface area contributed by atoms with Gasteiger partial charge in [0.25, 0.3) is 0 Å². The van der Waals surface area contributed by atoms with Gasteiger partial charge in [-0.05, 0) is 17.7 Å². The Morgan fingerprint density at radius 1 is 1.05 bits per heavy atom. The number of hydrogen-bond acceptors (Lipinski definition) is 3. The van der Waals surface area contributed by atoms with Crippen LogP contribution in [0.25, 0.3) is 21.8 Å². The minimum Gasteiger partial charge on any atom is -0.326 e. The van der Waals surface area contributed by atoms with E-state index in [0.717, 1.165) is 16.1 Å². The van der Waals surface area contributed by atoms with E-state index >= 15 is 0 Å². The molecule has 3 rings (SSSR count). The van der Waals surface area contributed by atoms with Crippen molar-refractivity contribution < 1.29 is 4.39 Å². The Hall–Kier alpha value is -2.04. The maximum absolute atomic E-state index is 13.7. The highest BCUT2D eigenvalue weighted by molar-refractivity contribution is 7.13. The maximum atomic E-state index is 13.7. The average Bonchev–Trinajstić information content (AvgIpc) is 2.97. The molecule has 2 nitrogen and oxygen atoms in total. The van der Waals surface area contributed by atoms with Crippen molar-refractivity contribution in [3.05, 3.63) is 65.3 Å². The van der Waals surface area contributed by atoms with Gasteiger partial charge in [-0.15, -0.1) is 11.3 Å². The normalized spacial score (nSPS) is 10.7. The van der Waals surface area contributed by atoms with E-state index in [0.29, 0.717) is 17.8 Å². The molecule has 0 unspecified atom stereocenters. The average molecular weight is 284 g/mol. The lowest BCUT2D eigenvalue weighted by molar-refractivity contribution is 0.631. The SMILES string of the molecule is NCc1ccc(-c2nc(-c3ccccc3F)cs2)cc1. The highest BCUT2D eigenvalue weighted by Gasteiger charge is 2.09. The Morgan fingerprint density at radius 3 is 2.50 bits per heavy atom. The molecule has 0 fully saturated rings. The molecular weight excluding hydrogens is 271 g/mol. The van der Waals surface area contributed by atoms with Crippen LogP contribution in [0.2, 0.25) is 0 Å². The summed E-state index contributed by atoms with van der Waals surface area (Å²) in [5, 5.41) is 2.76. The zero-order valence-electron chi connectivity index (χ0n) is 10.7. The van der Waals surface area contributed by atoms with E-state index in [1.165, 1.54) is 17.4 Å². The second-order valence-corrected chi connectivity index (χ2v) is 5.28. The minimum atomic E-state index is -0.247. The molecule has 2 aromatic carbocycles. The van der Waals surface area contributed by atoms with Gasteiger partial charge in [-0.2, -0.15) is 0 Å². The minimum absolute atomic E-state index is 0.247. The third-order valence-corrected chi connectivity index (χ3v) is 3.98. The number of rotatable bonds is 3. The molecule has 0 spiro atoms. The van der Waals surface area contributed by atoms with Gasteiger partial charge >= 0.3 is 0 Å². The summed E-state index contributed by atoms with van der Waals surface area (Å²) in [5.41, 5.74) is 8.89. The van der Waals surface area contributed by atoms with Crippen LogP contribution in [0.4, 0.5) is 4.39 Å². The summed E-state index contributed by atoms with van der Waals surface area (Å²) in [7, 11) is 0. The number of halogens is 1. The predicted molar refractivity (Wildman–Crippen MR) is 80.8 cm³/mol. The molecule has 100 valence electrons. The summed E-state index contributed by atoms with van der Waals surface area (Å²) in [4.78, 5) is 4.51. The van der Waals surface area contributed by atoms with Gasteiger partial charge < -0.3 is 5.73 Å². The van der Waals surface area contributed by atoms with E-state index in [9.17, 15) is 4.39 Å². The van der Waals surface area contributed by atoms with Gasteiger partial charge in [-0.3, -0.25) is 0 Å². The van der Waals surface area contributed by atoms with Crippen molar-refractivity contribution in [2.75, 3.05) is 0 Å². The molecule has 4 heteroatoms. The molecule has 1 aromatic heterocycles. The molecule has 0 aliphatic heterocycles. The number of nitrogens with zero attached hydrogens (tertiary/aromatic N) is 1. The van der Waals surface area contributed by atoms with Crippen molar-refractivity contribution in [2.45, 2.75) is 6.54 Å². The Morgan fingerprint density at radius 2 is 1.80 bits per heavy atom. The highest BCUT2D eigenvalue weighted by atomic mass is 32.1. The molecule has 1 heterocycles. The Labute approximate surface area is 120 Å². The Balaban J connectivity index is 1.95. The third-order valence-electron chi connectivity index (χ3n) is 3.09. The van der Waals surface area contributed by atoms with Crippen LogP contribution in [-0.2, 0) is 6.54 Å². The monoisotopic (exact) mass is 284 g/mol. The molecule has 0 saturated heterocycles. The summed E-state index contributed by atoms with van der Waals surface area (Å²) in [6, 6.07) is 14.6. The molecular formula is C16H13FN2S. The summed E-state index contributed by atoms with van der Waals surface area (Å²) in [6.07, 6.45) is 0. The van der Waals surface area contributed by atoms with Gasteiger partial charge in [0.15, 0.2) is 0 Å². The molecule has 2 N–H and O–H groups in total. The molecule has 3 aromatic rings. The highest BCUT2D eigenvalue weighted by Crippen LogP contribution is 2.30. The molecule has 20 heavy (non-hydrogen) atoms. The lowest BCUT2D eigenvalue weighted by atomic mass is 10.1. The predicted octanol–water partition coefficient (Wildman–Crippen LogP) is 4.07. The van der Waals surface area contributed by atoms with E-state index in [-0.39, 0.29) is 5.82 Å². The van der Waals surface area contributed by atoms with E-state index < -0.39 is 0 Å². The van der Waals surface area contributed by atoms with Crippen LogP contribution in [0.1, 0.15) is 5.56 Å². The zero-order valence-corrected chi connectivity index (χ0v) is 11.5. The number of benzene rings is 2. The number of thiazole rings is 1. The molecule has 0 bridgehead atoms. The lowest BCUT2D eigenvalue weighted by Crippen LogP contribution is -1.95. The van der Waals surface area contributed by atoms with Gasteiger partial charge in [0.2, 0.25) is 0 Å². The van der Waals surface area contributed by atoms with Gasteiger partial charge in [-0.25, -0.2) is 9.37 Å². The summed E-state index contributed by atoms with van der Waals surface area (Å²) in [6.45, 7) is 0.526. The standard InChI is InChI=1S/C16H13FN2S/c17-14-4-2-1-3-13(14)15-10-20-16(19-15)12-7-5-11(9-18)6-8-12/h1-8,10H,9,18H2. The summed E-state index contributed by atoms with van der Waals surface area (Å²) in [5.74, 6) is -0.247. The van der Waals surface area contributed by atoms with E-state index in [4.69, 9.17) is 5.73 Å². The zero-order chi connectivity index (χ0) is 13.9. The number of hydrogen-bond donors (Lipinski definition) is 1. The molecule has 0 atom stereocenters. The fourth-order valence-corrected chi connectivity index (χ4v) is 2.81. The van der Waals surface area contributed by atoms with Crippen LogP contribution >= 0.6 is 11.3 Å². The van der Waals surface area contributed by atoms with Crippen LogP contribution < -0.4 is 5.73 Å². The molecule has 0 aliphatic rings. The van der Waals surface area contributed by atoms with Crippen LogP contribution in [0, 0.1) is 5.82 Å². The second-order valence-electron chi connectivity index (χ2n) is 4.42. The topological polar surface area (TPSA) is 38.9 Å². The van der Waals surface area contributed by atoms with E-state index in [2.05, 4.69) is 4.98 Å². The fourth-order valence-electron chi connectivity index (χ4n) is 1.98. The van der Waals surface area contributed by atoms with Gasteiger partial charge in [-0.1, -0.05) is 36.4 Å². The molecule has 0 aliphatic carbocycles. The van der Waals surface area contributed by atoms with Crippen molar-refractivity contribution in [1.82, 2.24) is 4.98 Å². The smallest absolute Gasteiger partial charge is 0.132 e. The summed E-state index contributed by atoms with van der Waals surface area (Å²) < 4.78 is 13.7. The van der Waals surface area contributed by atoms with Crippen LogP contribution in [0.3, 0.4) is 0 Å². The van der Waals surface area contributed by atoms with Gasteiger partial charge in [0.05, 0.1) is 5.69 Å². The first-order valence-electron chi connectivity index (χ1n) is 6.28. The van der Waals surface area contributed by atoms with E-state index in [1.54, 1.807) is 12.1 Å². The van der Waals surface area contributed by atoms with Crippen LogP contribution in [-0.4, -0.2) is 4.98 Å². The largest absolute Gasteiger partial charge is 0.326 e. The van der Waals surface area contributed by atoms with Crippen molar-refractivity contribution in [3.63, 3.8) is 0 Å². The Bertz CT molecular complexity index is 719. The first-order chi connectivity index (χ1) is 9.78. The van der Waals surface area contributed by atoms with Crippen molar-refractivity contribution in [3.8, 4) is 21.8 Å². The van der Waals surface area contributed by atoms with Gasteiger partial charge in [0, 0.05) is 23.1 Å². The number of aromatic nitrogens is 1. The lowest BCUT2D eigenvalue weighted by Gasteiger charge is -2.00.